The molecule has 0 atom stereocenters. The molecule has 0 fully saturated rings. The normalized spacial score (nSPS) is 10.4. The number of ketones is 1. The highest BCUT2D eigenvalue weighted by molar-refractivity contribution is 7.20. The molecule has 0 radical (unpaired) electrons. The van der Waals surface area contributed by atoms with Crippen LogP contribution >= 0.6 is 11.3 Å². The summed E-state index contributed by atoms with van der Waals surface area (Å²) >= 11 is 1.40. The maximum absolute atomic E-state index is 11.0. The van der Waals surface area contributed by atoms with E-state index >= 15 is 0 Å². The van der Waals surface area contributed by atoms with E-state index in [1.165, 1.54) is 17.7 Å². The third-order valence-corrected chi connectivity index (χ3v) is 2.70. The first-order valence-electron chi connectivity index (χ1n) is 3.48. The summed E-state index contributed by atoms with van der Waals surface area (Å²) in [6.45, 7) is 1.55. The summed E-state index contributed by atoms with van der Waals surface area (Å²) in [5.41, 5.74) is 0. The van der Waals surface area contributed by atoms with E-state index in [0.29, 0.717) is 0 Å². The molecule has 2 heterocycles. The Labute approximate surface area is 73.1 Å². The van der Waals surface area contributed by atoms with Crippen molar-refractivity contribution in [3.8, 4) is 0 Å². The van der Waals surface area contributed by atoms with Gasteiger partial charge in [0.2, 0.25) is 0 Å². The summed E-state index contributed by atoms with van der Waals surface area (Å²) in [6, 6.07) is 1.82. The molecule has 0 bridgehead atoms. The molecule has 0 spiro atoms. The Hall–Kier alpha value is -1.29. The van der Waals surface area contributed by atoms with Crippen molar-refractivity contribution >= 4 is 27.3 Å². The predicted octanol–water partition coefficient (Wildman–Crippen LogP) is 1.89. The summed E-state index contributed by atoms with van der Waals surface area (Å²) in [6.07, 6.45) is 3.20. The number of carbonyl (C=O) groups is 1. The van der Waals surface area contributed by atoms with Gasteiger partial charge in [0.15, 0.2) is 5.78 Å². The van der Waals surface area contributed by atoms with Gasteiger partial charge in [-0.3, -0.25) is 4.79 Å². The average Bonchev–Trinajstić information content (AvgIpc) is 2.46. The minimum atomic E-state index is 0.0815. The Morgan fingerprint density at radius 2 is 2.42 bits per heavy atom. The Kier molecular flexibility index (Phi) is 1.62. The molecule has 0 saturated heterocycles. The van der Waals surface area contributed by atoms with E-state index in [0.717, 1.165) is 15.1 Å². The van der Waals surface area contributed by atoms with Crippen molar-refractivity contribution in [2.75, 3.05) is 0 Å². The van der Waals surface area contributed by atoms with Crippen molar-refractivity contribution < 1.29 is 4.79 Å². The molecule has 0 aliphatic rings. The zero-order chi connectivity index (χ0) is 8.55. The number of nitrogens with zero attached hydrogens (tertiary/aromatic N) is 2. The Morgan fingerprint density at radius 1 is 1.58 bits per heavy atom. The first-order chi connectivity index (χ1) is 5.77. The van der Waals surface area contributed by atoms with Gasteiger partial charge in [-0.15, -0.1) is 11.3 Å². The maximum atomic E-state index is 11.0. The Balaban J connectivity index is 2.70. The Bertz CT molecular complexity index is 402. The van der Waals surface area contributed by atoms with Crippen LogP contribution in [-0.2, 0) is 0 Å². The van der Waals surface area contributed by atoms with Crippen molar-refractivity contribution in [1.29, 1.82) is 0 Å². The van der Waals surface area contributed by atoms with Crippen LogP contribution in [0.25, 0.3) is 10.2 Å². The minimum absolute atomic E-state index is 0.0815. The third-order valence-electron chi connectivity index (χ3n) is 1.54. The fraction of sp³-hybridized carbons (Fsp3) is 0.125. The molecular weight excluding hydrogens is 172 g/mol. The van der Waals surface area contributed by atoms with Gasteiger partial charge < -0.3 is 0 Å². The third kappa shape index (κ3) is 1.10. The molecule has 2 aromatic heterocycles. The van der Waals surface area contributed by atoms with Crippen LogP contribution in [0.15, 0.2) is 18.6 Å². The van der Waals surface area contributed by atoms with Crippen molar-refractivity contribution in [1.82, 2.24) is 9.97 Å². The summed E-state index contributed by atoms with van der Waals surface area (Å²) in [7, 11) is 0. The topological polar surface area (TPSA) is 42.9 Å². The molecule has 4 heteroatoms. The number of thiophene rings is 1. The van der Waals surface area contributed by atoms with Gasteiger partial charge in [-0.05, 0) is 13.0 Å². The smallest absolute Gasteiger partial charge is 0.169 e. The van der Waals surface area contributed by atoms with Crippen molar-refractivity contribution in [3.05, 3.63) is 23.5 Å². The average molecular weight is 178 g/mol. The molecule has 0 aromatic carbocycles. The van der Waals surface area contributed by atoms with Gasteiger partial charge in [0.05, 0.1) is 4.88 Å². The van der Waals surface area contributed by atoms with Crippen molar-refractivity contribution in [2.24, 2.45) is 0 Å². The lowest BCUT2D eigenvalue weighted by atomic mass is 10.3. The first kappa shape index (κ1) is 7.36. The number of carbonyl (C=O) groups excluding carboxylic acids is 1. The fourth-order valence-corrected chi connectivity index (χ4v) is 1.83. The lowest BCUT2D eigenvalue weighted by Gasteiger charge is -1.81. The predicted molar refractivity (Wildman–Crippen MR) is 47.4 cm³/mol. The number of fused-ring (bicyclic) bond motifs is 1. The van der Waals surface area contributed by atoms with Crippen LogP contribution in [0.1, 0.15) is 16.6 Å². The molecule has 3 nitrogen and oxygen atoms in total. The summed E-state index contributed by atoms with van der Waals surface area (Å²) < 4.78 is 0. The zero-order valence-electron chi connectivity index (χ0n) is 6.44. The second-order valence-electron chi connectivity index (χ2n) is 2.45. The van der Waals surface area contributed by atoms with Gasteiger partial charge in [0, 0.05) is 11.6 Å². The molecule has 0 aliphatic carbocycles. The summed E-state index contributed by atoms with van der Waals surface area (Å²) in [4.78, 5) is 20.5. The number of hydrogen-bond donors (Lipinski definition) is 0. The highest BCUT2D eigenvalue weighted by Gasteiger charge is 2.05. The lowest BCUT2D eigenvalue weighted by Crippen LogP contribution is -1.83. The highest BCUT2D eigenvalue weighted by Crippen LogP contribution is 2.22. The van der Waals surface area contributed by atoms with Crippen LogP contribution in [0.5, 0.6) is 0 Å². The second-order valence-corrected chi connectivity index (χ2v) is 3.48. The molecule has 2 aromatic rings. The highest BCUT2D eigenvalue weighted by atomic mass is 32.1. The van der Waals surface area contributed by atoms with Crippen molar-refractivity contribution in [3.63, 3.8) is 0 Å². The zero-order valence-corrected chi connectivity index (χ0v) is 7.26. The van der Waals surface area contributed by atoms with Gasteiger partial charge in [0.25, 0.3) is 0 Å². The number of Topliss-reactive ketones (excluding diaryl/α,β-unsaturated/α-hetero) is 1. The van der Waals surface area contributed by atoms with Crippen LogP contribution in [0.4, 0.5) is 0 Å². The molecule has 0 N–H and O–H groups in total. The van der Waals surface area contributed by atoms with Gasteiger partial charge in [-0.2, -0.15) is 0 Å². The van der Waals surface area contributed by atoms with Gasteiger partial charge in [-0.25, -0.2) is 9.97 Å². The van der Waals surface area contributed by atoms with Gasteiger partial charge >= 0.3 is 0 Å². The summed E-state index contributed by atoms with van der Waals surface area (Å²) in [5, 5.41) is 0.938. The Morgan fingerprint density at radius 3 is 3.08 bits per heavy atom. The molecule has 60 valence electrons. The number of rotatable bonds is 1. The number of aromatic nitrogens is 2. The van der Waals surface area contributed by atoms with E-state index in [-0.39, 0.29) is 5.78 Å². The van der Waals surface area contributed by atoms with Crippen LogP contribution in [0, 0.1) is 0 Å². The van der Waals surface area contributed by atoms with Crippen LogP contribution < -0.4 is 0 Å². The van der Waals surface area contributed by atoms with Gasteiger partial charge in [0.1, 0.15) is 11.2 Å². The second kappa shape index (κ2) is 2.64. The molecule has 0 saturated carbocycles. The fourth-order valence-electron chi connectivity index (χ4n) is 0.962. The van der Waals surface area contributed by atoms with E-state index in [1.54, 1.807) is 13.1 Å². The molecule has 0 amide bonds. The maximum Gasteiger partial charge on any atom is 0.169 e. The monoisotopic (exact) mass is 178 g/mol. The quantitative estimate of drug-likeness (QED) is 0.626. The SMILES string of the molecule is CC(=O)c1cc2cncnc2s1. The van der Waals surface area contributed by atoms with Crippen LogP contribution in [0.3, 0.4) is 0 Å². The standard InChI is InChI=1S/C8H6N2OS/c1-5(11)7-2-6-3-9-4-10-8(6)12-7/h2-4H,1H3. The summed E-state index contributed by atoms with van der Waals surface area (Å²) in [5.74, 6) is 0.0815. The first-order valence-corrected chi connectivity index (χ1v) is 4.29. The van der Waals surface area contributed by atoms with E-state index in [1.807, 2.05) is 6.07 Å². The van der Waals surface area contributed by atoms with E-state index in [9.17, 15) is 4.79 Å². The van der Waals surface area contributed by atoms with Crippen LogP contribution in [-0.4, -0.2) is 15.8 Å². The molecule has 0 unspecified atom stereocenters. The molecule has 2 rings (SSSR count). The molecule has 0 aliphatic heterocycles. The molecular formula is C8H6N2OS. The van der Waals surface area contributed by atoms with Gasteiger partial charge in [-0.1, -0.05) is 0 Å². The van der Waals surface area contributed by atoms with E-state index < -0.39 is 0 Å². The number of hydrogen-bond acceptors (Lipinski definition) is 4. The van der Waals surface area contributed by atoms with E-state index in [2.05, 4.69) is 9.97 Å². The largest absolute Gasteiger partial charge is 0.294 e. The molecule has 12 heavy (non-hydrogen) atoms. The minimum Gasteiger partial charge on any atom is -0.294 e. The van der Waals surface area contributed by atoms with Crippen molar-refractivity contribution in [2.45, 2.75) is 6.92 Å². The van der Waals surface area contributed by atoms with E-state index in [4.69, 9.17) is 0 Å². The van der Waals surface area contributed by atoms with Crippen LogP contribution in [0.2, 0.25) is 0 Å². The lowest BCUT2D eigenvalue weighted by molar-refractivity contribution is 0.102.